The van der Waals surface area contributed by atoms with Crippen LogP contribution in [0.3, 0.4) is 0 Å². The van der Waals surface area contributed by atoms with Gasteiger partial charge in [-0.2, -0.15) is 0 Å². The Labute approximate surface area is 174 Å². The second kappa shape index (κ2) is 10.6. The van der Waals surface area contributed by atoms with Crippen molar-refractivity contribution < 1.29 is 33.6 Å². The molecule has 30 heavy (non-hydrogen) atoms. The second-order valence-corrected chi connectivity index (χ2v) is 6.74. The van der Waals surface area contributed by atoms with E-state index in [1.54, 1.807) is 24.3 Å². The molecule has 3 rings (SSSR count). The van der Waals surface area contributed by atoms with Crippen molar-refractivity contribution in [2.75, 3.05) is 38.9 Å². The van der Waals surface area contributed by atoms with Crippen LogP contribution in [0, 0.1) is 0 Å². The van der Waals surface area contributed by atoms with E-state index in [-0.39, 0.29) is 17.2 Å². The molecule has 1 heterocycles. The number of carbonyl (C=O) groups is 2. The smallest absolute Gasteiger partial charge is 0.339 e. The van der Waals surface area contributed by atoms with Crippen molar-refractivity contribution in [3.05, 3.63) is 53.6 Å². The van der Waals surface area contributed by atoms with E-state index in [0.29, 0.717) is 30.3 Å². The Bertz CT molecular complexity index is 860. The zero-order valence-electron chi connectivity index (χ0n) is 16.8. The third-order valence-corrected chi connectivity index (χ3v) is 4.68. The third-order valence-electron chi connectivity index (χ3n) is 4.68. The summed E-state index contributed by atoms with van der Waals surface area (Å²) in [5.41, 5.74) is 1.33. The van der Waals surface area contributed by atoms with Crippen molar-refractivity contribution in [1.29, 1.82) is 0 Å². The summed E-state index contributed by atoms with van der Waals surface area (Å²) in [6.07, 6.45) is 2.06. The number of anilines is 2. The van der Waals surface area contributed by atoms with Crippen molar-refractivity contribution in [3.8, 4) is 5.75 Å². The van der Waals surface area contributed by atoms with Crippen LogP contribution in [0.15, 0.2) is 42.5 Å². The van der Waals surface area contributed by atoms with E-state index in [2.05, 4.69) is 5.32 Å². The molecular formula is C22H25NO7. The molecular weight excluding hydrogens is 390 g/mol. The van der Waals surface area contributed by atoms with E-state index >= 15 is 0 Å². The molecule has 0 amide bonds. The standard InChI is InChI=1S/C22H25NO7/c1-27-22(26)19-7-2-15(21(24)25)14-20(19)23-16-3-5-17(6-4-16)29-12-13-30-18-8-10-28-11-9-18/h2-7,14,18,23H,8-13H2,1H3,(H,24,25). The van der Waals surface area contributed by atoms with Gasteiger partial charge in [-0.3, -0.25) is 0 Å². The topological polar surface area (TPSA) is 103 Å². The number of carbonyl (C=O) groups excluding carboxylic acids is 1. The number of aromatic carboxylic acids is 1. The van der Waals surface area contributed by atoms with E-state index in [9.17, 15) is 14.7 Å². The van der Waals surface area contributed by atoms with E-state index in [4.69, 9.17) is 18.9 Å². The van der Waals surface area contributed by atoms with Crippen molar-refractivity contribution in [2.45, 2.75) is 18.9 Å². The number of methoxy groups -OCH3 is 1. The Morgan fingerprint density at radius 2 is 1.83 bits per heavy atom. The zero-order chi connectivity index (χ0) is 21.3. The number of carboxylic acid groups (broad SMARTS) is 1. The van der Waals surface area contributed by atoms with E-state index in [1.807, 2.05) is 0 Å². The molecule has 1 saturated heterocycles. The van der Waals surface area contributed by atoms with E-state index < -0.39 is 11.9 Å². The molecule has 0 aromatic heterocycles. The number of benzene rings is 2. The van der Waals surface area contributed by atoms with Crippen LogP contribution in [0.5, 0.6) is 5.75 Å². The molecule has 0 atom stereocenters. The van der Waals surface area contributed by atoms with Crippen LogP contribution in [0.1, 0.15) is 33.6 Å². The van der Waals surface area contributed by atoms with Gasteiger partial charge < -0.3 is 29.4 Å². The van der Waals surface area contributed by atoms with Gasteiger partial charge in [-0.15, -0.1) is 0 Å². The Hall–Kier alpha value is -3.10. The Morgan fingerprint density at radius 1 is 1.10 bits per heavy atom. The maximum Gasteiger partial charge on any atom is 0.339 e. The van der Waals surface area contributed by atoms with Gasteiger partial charge in [-0.1, -0.05) is 0 Å². The molecule has 0 unspecified atom stereocenters. The fourth-order valence-corrected chi connectivity index (χ4v) is 3.08. The number of hydrogen-bond acceptors (Lipinski definition) is 7. The molecule has 8 nitrogen and oxygen atoms in total. The molecule has 0 radical (unpaired) electrons. The van der Waals surface area contributed by atoms with Gasteiger partial charge in [-0.05, 0) is 55.3 Å². The predicted octanol–water partition coefficient (Wildman–Crippen LogP) is 3.49. The Balaban J connectivity index is 1.57. The molecule has 0 saturated carbocycles. The first-order chi connectivity index (χ1) is 14.6. The van der Waals surface area contributed by atoms with Crippen molar-refractivity contribution >= 4 is 23.3 Å². The van der Waals surface area contributed by atoms with Gasteiger partial charge in [-0.25, -0.2) is 9.59 Å². The molecule has 0 aliphatic carbocycles. The van der Waals surface area contributed by atoms with Crippen LogP contribution in [-0.4, -0.2) is 56.7 Å². The number of carboxylic acids is 1. The zero-order valence-corrected chi connectivity index (χ0v) is 16.8. The first-order valence-electron chi connectivity index (χ1n) is 9.71. The third kappa shape index (κ3) is 5.95. The van der Waals surface area contributed by atoms with Gasteiger partial charge in [0.05, 0.1) is 36.6 Å². The molecule has 0 bridgehead atoms. The Morgan fingerprint density at radius 3 is 2.50 bits per heavy atom. The van der Waals surface area contributed by atoms with Crippen molar-refractivity contribution in [1.82, 2.24) is 0 Å². The molecule has 1 fully saturated rings. The number of nitrogens with one attached hydrogen (secondary N) is 1. The highest BCUT2D eigenvalue weighted by Crippen LogP contribution is 2.25. The summed E-state index contributed by atoms with van der Waals surface area (Å²) in [7, 11) is 1.27. The maximum atomic E-state index is 12.0. The summed E-state index contributed by atoms with van der Waals surface area (Å²) >= 11 is 0. The monoisotopic (exact) mass is 415 g/mol. The summed E-state index contributed by atoms with van der Waals surface area (Å²) in [4.78, 5) is 23.2. The first-order valence-corrected chi connectivity index (χ1v) is 9.71. The summed E-state index contributed by atoms with van der Waals surface area (Å²) in [5.74, 6) is -0.955. The molecule has 160 valence electrons. The SMILES string of the molecule is COC(=O)c1ccc(C(=O)O)cc1Nc1ccc(OCCOC2CCOCC2)cc1. The average Bonchev–Trinajstić information content (AvgIpc) is 2.78. The van der Waals surface area contributed by atoms with Gasteiger partial charge >= 0.3 is 11.9 Å². The van der Waals surface area contributed by atoms with Gasteiger partial charge in [0.1, 0.15) is 12.4 Å². The number of rotatable bonds is 9. The van der Waals surface area contributed by atoms with Crippen LogP contribution < -0.4 is 10.1 Å². The normalized spacial score (nSPS) is 14.2. The molecule has 8 heteroatoms. The number of esters is 1. The largest absolute Gasteiger partial charge is 0.491 e. The maximum absolute atomic E-state index is 12.0. The number of hydrogen-bond donors (Lipinski definition) is 2. The predicted molar refractivity (Wildman–Crippen MR) is 110 cm³/mol. The highest BCUT2D eigenvalue weighted by molar-refractivity contribution is 5.99. The fourth-order valence-electron chi connectivity index (χ4n) is 3.08. The van der Waals surface area contributed by atoms with Crippen LogP contribution >= 0.6 is 0 Å². The molecule has 1 aliphatic heterocycles. The van der Waals surface area contributed by atoms with Gasteiger partial charge in [0, 0.05) is 18.9 Å². The van der Waals surface area contributed by atoms with Crippen molar-refractivity contribution in [2.24, 2.45) is 0 Å². The van der Waals surface area contributed by atoms with Crippen LogP contribution in [-0.2, 0) is 14.2 Å². The molecule has 2 aromatic rings. The molecule has 0 spiro atoms. The van der Waals surface area contributed by atoms with Gasteiger partial charge in [0.25, 0.3) is 0 Å². The molecule has 2 aromatic carbocycles. The highest BCUT2D eigenvalue weighted by Gasteiger charge is 2.16. The lowest BCUT2D eigenvalue weighted by atomic mass is 10.1. The Kier molecular flexibility index (Phi) is 7.64. The quantitative estimate of drug-likeness (QED) is 0.474. The summed E-state index contributed by atoms with van der Waals surface area (Å²) in [6.45, 7) is 2.44. The summed E-state index contributed by atoms with van der Waals surface area (Å²) in [5, 5.41) is 12.3. The minimum absolute atomic E-state index is 0.0645. The van der Waals surface area contributed by atoms with Crippen LogP contribution in [0.25, 0.3) is 0 Å². The van der Waals surface area contributed by atoms with Crippen LogP contribution in [0.2, 0.25) is 0 Å². The summed E-state index contributed by atoms with van der Waals surface area (Å²) in [6, 6.07) is 11.3. The van der Waals surface area contributed by atoms with E-state index in [1.165, 1.54) is 25.3 Å². The molecule has 2 N–H and O–H groups in total. The van der Waals surface area contributed by atoms with Gasteiger partial charge in [0.2, 0.25) is 0 Å². The van der Waals surface area contributed by atoms with Crippen LogP contribution in [0.4, 0.5) is 11.4 Å². The first kappa shape index (κ1) is 21.6. The van der Waals surface area contributed by atoms with Crippen molar-refractivity contribution in [3.63, 3.8) is 0 Å². The van der Waals surface area contributed by atoms with E-state index in [0.717, 1.165) is 26.1 Å². The lowest BCUT2D eigenvalue weighted by Gasteiger charge is -2.22. The minimum Gasteiger partial charge on any atom is -0.491 e. The number of ether oxygens (including phenoxy) is 4. The minimum atomic E-state index is -1.08. The highest BCUT2D eigenvalue weighted by atomic mass is 16.5. The second-order valence-electron chi connectivity index (χ2n) is 6.74. The van der Waals surface area contributed by atoms with Gasteiger partial charge in [0.15, 0.2) is 0 Å². The lowest BCUT2D eigenvalue weighted by molar-refractivity contribution is -0.0388. The molecule has 1 aliphatic rings. The average molecular weight is 415 g/mol. The fraction of sp³-hybridized carbons (Fsp3) is 0.364. The lowest BCUT2D eigenvalue weighted by Crippen LogP contribution is -2.25. The summed E-state index contributed by atoms with van der Waals surface area (Å²) < 4.78 is 21.5.